The lowest BCUT2D eigenvalue weighted by atomic mass is 10.1. The van der Waals surface area contributed by atoms with E-state index >= 15 is 0 Å². The first kappa shape index (κ1) is 13.1. The first-order valence-electron chi connectivity index (χ1n) is 6.84. The van der Waals surface area contributed by atoms with E-state index in [4.69, 9.17) is 9.52 Å². The van der Waals surface area contributed by atoms with E-state index in [2.05, 4.69) is 11.0 Å². The highest BCUT2D eigenvalue weighted by Crippen LogP contribution is 2.22. The summed E-state index contributed by atoms with van der Waals surface area (Å²) in [5, 5.41) is 9.96. The molecule has 0 saturated carbocycles. The maximum absolute atomic E-state index is 10.7. The maximum Gasteiger partial charge on any atom is 0.317 e. The molecule has 1 aliphatic rings. The lowest BCUT2D eigenvalue weighted by Crippen LogP contribution is -2.47. The van der Waals surface area contributed by atoms with Crippen molar-refractivity contribution in [3.63, 3.8) is 0 Å². The second kappa shape index (κ2) is 5.64. The van der Waals surface area contributed by atoms with Gasteiger partial charge in [0.15, 0.2) is 0 Å². The van der Waals surface area contributed by atoms with E-state index in [0.717, 1.165) is 38.3 Å². The number of hydrogen-bond acceptors (Lipinski definition) is 4. The van der Waals surface area contributed by atoms with Gasteiger partial charge >= 0.3 is 5.97 Å². The van der Waals surface area contributed by atoms with E-state index in [1.165, 1.54) is 10.9 Å². The van der Waals surface area contributed by atoms with Crippen LogP contribution in [0.2, 0.25) is 0 Å². The summed E-state index contributed by atoms with van der Waals surface area (Å²) < 4.78 is 5.55. The summed E-state index contributed by atoms with van der Waals surface area (Å²) in [6.45, 7) is 4.41. The standard InChI is InChI=1S/C15H18N2O3/c18-15(19)10-17-7-5-16(6-8-17)9-12-11-20-14-4-2-1-3-13(12)14/h1-4,11H,5-10H2,(H,18,19). The van der Waals surface area contributed by atoms with Gasteiger partial charge in [-0.25, -0.2) is 0 Å². The fourth-order valence-electron chi connectivity index (χ4n) is 2.69. The number of para-hydroxylation sites is 1. The predicted octanol–water partition coefficient (Wildman–Crippen LogP) is 1.64. The quantitative estimate of drug-likeness (QED) is 0.918. The number of piperazine rings is 1. The minimum Gasteiger partial charge on any atom is -0.480 e. The van der Waals surface area contributed by atoms with Crippen molar-refractivity contribution in [2.24, 2.45) is 0 Å². The Bertz CT molecular complexity index is 600. The molecule has 1 aliphatic heterocycles. The van der Waals surface area contributed by atoms with Gasteiger partial charge in [0.05, 0.1) is 12.8 Å². The first-order valence-corrected chi connectivity index (χ1v) is 6.84. The number of aliphatic carboxylic acids is 1. The molecule has 3 rings (SSSR count). The zero-order chi connectivity index (χ0) is 13.9. The molecule has 1 saturated heterocycles. The third kappa shape index (κ3) is 2.84. The summed E-state index contributed by atoms with van der Waals surface area (Å²) in [6.07, 6.45) is 1.83. The first-order chi connectivity index (χ1) is 9.72. The van der Waals surface area contributed by atoms with Gasteiger partial charge in [-0.05, 0) is 6.07 Å². The van der Waals surface area contributed by atoms with E-state index in [9.17, 15) is 4.79 Å². The Morgan fingerprint density at radius 2 is 1.85 bits per heavy atom. The Morgan fingerprint density at radius 1 is 1.15 bits per heavy atom. The van der Waals surface area contributed by atoms with Crippen LogP contribution < -0.4 is 0 Å². The molecule has 0 radical (unpaired) electrons. The van der Waals surface area contributed by atoms with Crippen LogP contribution in [0.15, 0.2) is 34.9 Å². The van der Waals surface area contributed by atoms with Crippen molar-refractivity contribution in [2.75, 3.05) is 32.7 Å². The minimum absolute atomic E-state index is 0.141. The smallest absolute Gasteiger partial charge is 0.317 e. The van der Waals surface area contributed by atoms with Gasteiger partial charge < -0.3 is 9.52 Å². The summed E-state index contributed by atoms with van der Waals surface area (Å²) in [5.41, 5.74) is 2.12. The normalized spacial score (nSPS) is 17.6. The van der Waals surface area contributed by atoms with Crippen molar-refractivity contribution in [2.45, 2.75) is 6.54 Å². The summed E-state index contributed by atoms with van der Waals surface area (Å²) in [6, 6.07) is 8.05. The Morgan fingerprint density at radius 3 is 2.60 bits per heavy atom. The molecule has 0 spiro atoms. The van der Waals surface area contributed by atoms with E-state index in [0.29, 0.717) is 0 Å². The molecular weight excluding hydrogens is 256 g/mol. The molecular formula is C15H18N2O3. The van der Waals surface area contributed by atoms with Crippen LogP contribution in [-0.4, -0.2) is 53.6 Å². The molecule has 1 aromatic heterocycles. The summed E-state index contributed by atoms with van der Waals surface area (Å²) >= 11 is 0. The average molecular weight is 274 g/mol. The van der Waals surface area contributed by atoms with E-state index < -0.39 is 5.97 Å². The van der Waals surface area contributed by atoms with E-state index in [1.54, 1.807) is 0 Å². The van der Waals surface area contributed by atoms with Crippen LogP contribution in [0.3, 0.4) is 0 Å². The summed E-state index contributed by atoms with van der Waals surface area (Å²) in [5.74, 6) is -0.751. The van der Waals surface area contributed by atoms with Crippen LogP contribution in [0.5, 0.6) is 0 Å². The molecule has 0 atom stereocenters. The Balaban J connectivity index is 1.61. The third-order valence-electron chi connectivity index (χ3n) is 3.78. The SMILES string of the molecule is O=C(O)CN1CCN(Cc2coc3ccccc23)CC1. The fraction of sp³-hybridized carbons (Fsp3) is 0.400. The van der Waals surface area contributed by atoms with Gasteiger partial charge in [0, 0.05) is 43.7 Å². The molecule has 20 heavy (non-hydrogen) atoms. The molecule has 2 heterocycles. The van der Waals surface area contributed by atoms with Crippen molar-refractivity contribution in [1.82, 2.24) is 9.80 Å². The lowest BCUT2D eigenvalue weighted by molar-refractivity contribution is -0.138. The molecule has 106 valence electrons. The zero-order valence-electron chi connectivity index (χ0n) is 11.3. The Kier molecular flexibility index (Phi) is 3.71. The maximum atomic E-state index is 10.7. The topological polar surface area (TPSA) is 56.9 Å². The zero-order valence-corrected chi connectivity index (χ0v) is 11.3. The number of fused-ring (bicyclic) bond motifs is 1. The van der Waals surface area contributed by atoms with Gasteiger partial charge in [-0.15, -0.1) is 0 Å². The van der Waals surface area contributed by atoms with Gasteiger partial charge in [-0.2, -0.15) is 0 Å². The second-order valence-corrected chi connectivity index (χ2v) is 5.20. The highest BCUT2D eigenvalue weighted by molar-refractivity contribution is 5.80. The van der Waals surface area contributed by atoms with Crippen LogP contribution in [0.1, 0.15) is 5.56 Å². The fourth-order valence-corrected chi connectivity index (χ4v) is 2.69. The largest absolute Gasteiger partial charge is 0.480 e. The number of benzene rings is 1. The number of rotatable bonds is 4. The summed E-state index contributed by atoms with van der Waals surface area (Å²) in [4.78, 5) is 15.0. The molecule has 0 aliphatic carbocycles. The number of carboxylic acids is 1. The number of furan rings is 1. The minimum atomic E-state index is -0.751. The van der Waals surface area contributed by atoms with Gasteiger partial charge in [-0.1, -0.05) is 18.2 Å². The highest BCUT2D eigenvalue weighted by atomic mass is 16.4. The van der Waals surface area contributed by atoms with Gasteiger partial charge in [0.1, 0.15) is 5.58 Å². The molecule has 1 N–H and O–H groups in total. The number of nitrogens with zero attached hydrogens (tertiary/aromatic N) is 2. The Hall–Kier alpha value is -1.85. The molecule has 1 aromatic carbocycles. The molecule has 5 nitrogen and oxygen atoms in total. The van der Waals surface area contributed by atoms with Gasteiger partial charge in [0.2, 0.25) is 0 Å². The lowest BCUT2D eigenvalue weighted by Gasteiger charge is -2.33. The predicted molar refractivity (Wildman–Crippen MR) is 75.6 cm³/mol. The van der Waals surface area contributed by atoms with E-state index in [1.807, 2.05) is 29.4 Å². The van der Waals surface area contributed by atoms with E-state index in [-0.39, 0.29) is 6.54 Å². The molecule has 1 fully saturated rings. The van der Waals surface area contributed by atoms with Gasteiger partial charge in [0.25, 0.3) is 0 Å². The van der Waals surface area contributed by atoms with Crippen LogP contribution in [-0.2, 0) is 11.3 Å². The number of carboxylic acid groups (broad SMARTS) is 1. The van der Waals surface area contributed by atoms with Crippen LogP contribution in [0.4, 0.5) is 0 Å². The highest BCUT2D eigenvalue weighted by Gasteiger charge is 2.19. The molecule has 5 heteroatoms. The van der Waals surface area contributed by atoms with Crippen LogP contribution >= 0.6 is 0 Å². The molecule has 0 amide bonds. The summed E-state index contributed by atoms with van der Waals surface area (Å²) in [7, 11) is 0. The van der Waals surface area contributed by atoms with Crippen molar-refractivity contribution in [1.29, 1.82) is 0 Å². The van der Waals surface area contributed by atoms with Crippen molar-refractivity contribution in [3.05, 3.63) is 36.1 Å². The monoisotopic (exact) mass is 274 g/mol. The molecule has 2 aromatic rings. The second-order valence-electron chi connectivity index (χ2n) is 5.20. The average Bonchev–Trinajstić information content (AvgIpc) is 2.84. The van der Waals surface area contributed by atoms with Crippen molar-refractivity contribution in [3.8, 4) is 0 Å². The number of hydrogen-bond donors (Lipinski definition) is 1. The van der Waals surface area contributed by atoms with Crippen molar-refractivity contribution < 1.29 is 14.3 Å². The van der Waals surface area contributed by atoms with Crippen molar-refractivity contribution >= 4 is 16.9 Å². The number of carbonyl (C=O) groups is 1. The van der Waals surface area contributed by atoms with Crippen LogP contribution in [0.25, 0.3) is 11.0 Å². The molecule has 0 bridgehead atoms. The third-order valence-corrected chi connectivity index (χ3v) is 3.78. The Labute approximate surface area is 117 Å². The van der Waals surface area contributed by atoms with Gasteiger partial charge in [-0.3, -0.25) is 14.6 Å². The van der Waals surface area contributed by atoms with Crippen LogP contribution in [0, 0.1) is 0 Å². The molecule has 0 unspecified atom stereocenters.